The van der Waals surface area contributed by atoms with Crippen LogP contribution >= 0.6 is 11.3 Å². The Labute approximate surface area is 167 Å². The number of benzene rings is 2. The number of thiophene rings is 1. The van der Waals surface area contributed by atoms with Gasteiger partial charge in [0.2, 0.25) is 0 Å². The predicted octanol–water partition coefficient (Wildman–Crippen LogP) is 5.43. The highest BCUT2D eigenvalue weighted by molar-refractivity contribution is 7.10. The number of phenolic OH excluding ortho intramolecular Hbond substituents is 1. The Balaban J connectivity index is 1.62. The van der Waals surface area contributed by atoms with Crippen molar-refractivity contribution in [2.24, 2.45) is 0 Å². The topological polar surface area (TPSA) is 61.4 Å². The molecule has 0 fully saturated rings. The Morgan fingerprint density at radius 2 is 1.71 bits per heavy atom. The van der Waals surface area contributed by atoms with E-state index in [1.54, 1.807) is 23.5 Å². The van der Waals surface area contributed by atoms with Gasteiger partial charge >= 0.3 is 0 Å². The van der Waals surface area contributed by atoms with Gasteiger partial charge in [-0.25, -0.2) is 0 Å². The number of carbonyl (C=O) groups is 1. The molecule has 0 radical (unpaired) electrons. The van der Waals surface area contributed by atoms with Gasteiger partial charge in [0.15, 0.2) is 5.78 Å². The summed E-state index contributed by atoms with van der Waals surface area (Å²) in [6.45, 7) is 0. The van der Waals surface area contributed by atoms with E-state index < -0.39 is 0 Å². The van der Waals surface area contributed by atoms with Gasteiger partial charge < -0.3 is 15.7 Å². The normalized spacial score (nSPS) is 21.2. The van der Waals surface area contributed by atoms with Crippen LogP contribution in [0.5, 0.6) is 5.75 Å². The first-order chi connectivity index (χ1) is 13.7. The Hall–Kier alpha value is -3.05. The highest BCUT2D eigenvalue weighted by atomic mass is 32.1. The number of ketones is 1. The first-order valence-electron chi connectivity index (χ1n) is 9.40. The van der Waals surface area contributed by atoms with Crippen LogP contribution < -0.4 is 10.6 Å². The van der Waals surface area contributed by atoms with Crippen molar-refractivity contribution >= 4 is 28.5 Å². The SMILES string of the molecule is O=C1C[C@@H](c2cccs2)CC2=C1[C@H](c1ccc(O)cc1)Nc1ccccc1N2. The molecule has 0 amide bonds. The number of fused-ring (bicyclic) bond motifs is 1. The van der Waals surface area contributed by atoms with Crippen molar-refractivity contribution in [3.8, 4) is 5.75 Å². The van der Waals surface area contributed by atoms with Crippen LogP contribution in [0.3, 0.4) is 0 Å². The highest BCUT2D eigenvalue weighted by Crippen LogP contribution is 2.44. The summed E-state index contributed by atoms with van der Waals surface area (Å²) < 4.78 is 0. The van der Waals surface area contributed by atoms with E-state index in [-0.39, 0.29) is 23.5 Å². The molecular formula is C23H20N2O2S. The molecular weight excluding hydrogens is 368 g/mol. The zero-order chi connectivity index (χ0) is 19.1. The summed E-state index contributed by atoms with van der Waals surface area (Å²) in [6.07, 6.45) is 1.33. The van der Waals surface area contributed by atoms with E-state index >= 15 is 0 Å². The summed E-state index contributed by atoms with van der Waals surface area (Å²) in [6, 6.07) is 19.1. The molecule has 3 aromatic rings. The van der Waals surface area contributed by atoms with Gasteiger partial charge in [0.1, 0.15) is 5.75 Å². The third-order valence-corrected chi connectivity index (χ3v) is 6.52. The molecule has 2 aliphatic rings. The third kappa shape index (κ3) is 2.98. The molecule has 3 N–H and O–H groups in total. The average molecular weight is 388 g/mol. The van der Waals surface area contributed by atoms with Gasteiger partial charge in [-0.15, -0.1) is 11.3 Å². The van der Waals surface area contributed by atoms with Gasteiger partial charge in [-0.05, 0) is 47.7 Å². The van der Waals surface area contributed by atoms with Gasteiger partial charge in [0.25, 0.3) is 0 Å². The minimum absolute atomic E-state index is 0.172. The van der Waals surface area contributed by atoms with Crippen molar-refractivity contribution in [2.75, 3.05) is 10.6 Å². The van der Waals surface area contributed by atoms with E-state index in [2.05, 4.69) is 22.1 Å². The van der Waals surface area contributed by atoms with E-state index in [4.69, 9.17) is 0 Å². The van der Waals surface area contributed by atoms with Crippen molar-refractivity contribution in [2.45, 2.75) is 24.8 Å². The highest BCUT2D eigenvalue weighted by Gasteiger charge is 2.36. The molecule has 1 aliphatic heterocycles. The van der Waals surface area contributed by atoms with Crippen molar-refractivity contribution in [1.82, 2.24) is 0 Å². The zero-order valence-corrected chi connectivity index (χ0v) is 16.0. The van der Waals surface area contributed by atoms with E-state index in [9.17, 15) is 9.90 Å². The standard InChI is InChI=1S/C23H20N2O2S/c26-16-9-7-14(8-10-16)23-22-19(24-17-4-1-2-5-18(17)25-23)12-15(13-20(22)27)21-6-3-11-28-21/h1-11,15,23-26H,12-13H2/t15-,23-/m0/s1. The van der Waals surface area contributed by atoms with Gasteiger partial charge in [-0.2, -0.15) is 0 Å². The Bertz CT molecular complexity index is 1050. The maximum absolute atomic E-state index is 13.3. The number of carbonyl (C=O) groups excluding carboxylic acids is 1. The van der Waals surface area contributed by atoms with Crippen molar-refractivity contribution < 1.29 is 9.90 Å². The lowest BCUT2D eigenvalue weighted by molar-refractivity contribution is -0.116. The Morgan fingerprint density at radius 3 is 2.46 bits per heavy atom. The molecule has 1 aliphatic carbocycles. The monoisotopic (exact) mass is 388 g/mol. The maximum atomic E-state index is 13.3. The number of rotatable bonds is 2. The summed E-state index contributed by atoms with van der Waals surface area (Å²) in [5, 5.41) is 18.9. The smallest absolute Gasteiger partial charge is 0.163 e. The molecule has 0 saturated carbocycles. The number of hydrogen-bond donors (Lipinski definition) is 3. The number of Topliss-reactive ketones (excluding diaryl/α,β-unsaturated/α-hetero) is 1. The van der Waals surface area contributed by atoms with Crippen molar-refractivity contribution in [1.29, 1.82) is 0 Å². The average Bonchev–Trinajstić information content (AvgIpc) is 3.18. The van der Waals surface area contributed by atoms with Crippen molar-refractivity contribution in [3.63, 3.8) is 0 Å². The summed E-state index contributed by atoms with van der Waals surface area (Å²) >= 11 is 1.71. The van der Waals surface area contributed by atoms with E-state index in [0.717, 1.165) is 34.6 Å². The molecule has 5 heteroatoms. The second kappa shape index (κ2) is 6.84. The number of nitrogens with one attached hydrogen (secondary N) is 2. The summed E-state index contributed by atoms with van der Waals surface area (Å²) in [4.78, 5) is 14.6. The van der Waals surface area contributed by atoms with Crippen LogP contribution in [0.25, 0.3) is 0 Å². The largest absolute Gasteiger partial charge is 0.508 e. The van der Waals surface area contributed by atoms with E-state index in [1.165, 1.54) is 4.88 Å². The fraction of sp³-hybridized carbons (Fsp3) is 0.174. The van der Waals surface area contributed by atoms with Crippen molar-refractivity contribution in [3.05, 3.63) is 87.8 Å². The van der Waals surface area contributed by atoms with Gasteiger partial charge in [-0.1, -0.05) is 30.3 Å². The number of aromatic hydroxyl groups is 1. The third-order valence-electron chi connectivity index (χ3n) is 5.48. The molecule has 0 spiro atoms. The molecule has 5 rings (SSSR count). The second-order valence-corrected chi connectivity index (χ2v) is 8.25. The lowest BCUT2D eigenvalue weighted by atomic mass is 9.81. The van der Waals surface area contributed by atoms with Crippen LogP contribution in [-0.2, 0) is 4.79 Å². The quantitative estimate of drug-likeness (QED) is 0.548. The molecule has 2 heterocycles. The molecule has 0 bridgehead atoms. The molecule has 1 aromatic heterocycles. The van der Waals surface area contributed by atoms with Crippen LogP contribution in [0, 0.1) is 0 Å². The second-order valence-electron chi connectivity index (χ2n) is 7.28. The molecule has 4 nitrogen and oxygen atoms in total. The van der Waals surface area contributed by atoms with Crippen LogP contribution in [0.1, 0.15) is 35.2 Å². The van der Waals surface area contributed by atoms with Crippen LogP contribution in [-0.4, -0.2) is 10.9 Å². The molecule has 2 aromatic carbocycles. The van der Waals surface area contributed by atoms with Crippen LogP contribution in [0.4, 0.5) is 11.4 Å². The fourth-order valence-electron chi connectivity index (χ4n) is 4.13. The summed E-state index contributed by atoms with van der Waals surface area (Å²) in [5.74, 6) is 0.604. The molecule has 0 saturated heterocycles. The number of hydrogen-bond acceptors (Lipinski definition) is 5. The number of allylic oxidation sites excluding steroid dienone is 1. The Kier molecular flexibility index (Phi) is 4.17. The van der Waals surface area contributed by atoms with Crippen LogP contribution in [0.2, 0.25) is 0 Å². The Morgan fingerprint density at radius 1 is 0.929 bits per heavy atom. The minimum atomic E-state index is -0.247. The first kappa shape index (κ1) is 17.1. The molecule has 28 heavy (non-hydrogen) atoms. The van der Waals surface area contributed by atoms with Gasteiger partial charge in [-0.3, -0.25) is 4.79 Å². The van der Waals surface area contributed by atoms with Gasteiger partial charge in [0.05, 0.1) is 17.4 Å². The fourth-order valence-corrected chi connectivity index (χ4v) is 4.96. The minimum Gasteiger partial charge on any atom is -0.508 e. The molecule has 140 valence electrons. The lowest BCUT2D eigenvalue weighted by Gasteiger charge is -2.29. The summed E-state index contributed by atoms with van der Waals surface area (Å²) in [7, 11) is 0. The maximum Gasteiger partial charge on any atom is 0.163 e. The predicted molar refractivity (Wildman–Crippen MR) is 113 cm³/mol. The van der Waals surface area contributed by atoms with E-state index in [0.29, 0.717) is 6.42 Å². The number of anilines is 2. The lowest BCUT2D eigenvalue weighted by Crippen LogP contribution is -2.26. The number of phenols is 1. The summed E-state index contributed by atoms with van der Waals surface area (Å²) in [5.41, 5.74) is 4.71. The van der Waals surface area contributed by atoms with E-state index in [1.807, 2.05) is 42.5 Å². The molecule has 0 unspecified atom stereocenters. The van der Waals surface area contributed by atoms with Gasteiger partial charge in [0, 0.05) is 28.5 Å². The van der Waals surface area contributed by atoms with Crippen LogP contribution in [0.15, 0.2) is 77.3 Å². The zero-order valence-electron chi connectivity index (χ0n) is 15.2. The first-order valence-corrected chi connectivity index (χ1v) is 10.3. The number of para-hydroxylation sites is 2. The molecule has 2 atom stereocenters.